The molecule has 0 saturated heterocycles. The van der Waals surface area contributed by atoms with Crippen molar-refractivity contribution in [2.45, 2.75) is 25.2 Å². The average Bonchev–Trinajstić information content (AvgIpc) is 2.88. The Balaban J connectivity index is 1.50. The van der Waals surface area contributed by atoms with Crippen LogP contribution in [0.15, 0.2) is 95.9 Å². The summed E-state index contributed by atoms with van der Waals surface area (Å²) >= 11 is 6.23. The van der Waals surface area contributed by atoms with E-state index in [2.05, 4.69) is 15.4 Å². The lowest BCUT2D eigenvalue weighted by Gasteiger charge is -2.14. The van der Waals surface area contributed by atoms with Gasteiger partial charge in [0, 0.05) is 17.8 Å². The molecular weight excluding hydrogens is 534 g/mol. The Morgan fingerprint density at radius 2 is 1.46 bits per heavy atom. The fourth-order valence-electron chi connectivity index (χ4n) is 4.14. The van der Waals surface area contributed by atoms with Crippen molar-refractivity contribution >= 4 is 44.8 Å². The molecule has 4 rings (SSSR count). The first-order valence-corrected chi connectivity index (χ1v) is 14.1. The Hall–Kier alpha value is -4.14. The molecule has 0 saturated carbocycles. The lowest BCUT2D eigenvalue weighted by atomic mass is 10.1. The van der Waals surface area contributed by atoms with Gasteiger partial charge in [0.1, 0.15) is 4.90 Å². The second-order valence-corrected chi connectivity index (χ2v) is 11.2. The fraction of sp³-hybridized carbons (Fsp3) is 0.133. The zero-order valence-corrected chi connectivity index (χ0v) is 23.1. The van der Waals surface area contributed by atoms with Crippen LogP contribution in [0.3, 0.4) is 0 Å². The van der Waals surface area contributed by atoms with Gasteiger partial charge >= 0.3 is 0 Å². The SMILES string of the molecule is Cc1cc(C)cc(NS(=O)(=O)c2cc(C(=O)Nc3ccccc3C(=O)NCCc3ccccc3)ccc2Cl)c1. The number of hydrogen-bond donors (Lipinski definition) is 3. The molecule has 0 unspecified atom stereocenters. The molecule has 0 radical (unpaired) electrons. The number of hydrogen-bond acceptors (Lipinski definition) is 4. The number of nitrogens with one attached hydrogen (secondary N) is 3. The van der Waals surface area contributed by atoms with Crippen LogP contribution in [0.4, 0.5) is 11.4 Å². The lowest BCUT2D eigenvalue weighted by Crippen LogP contribution is -2.27. The summed E-state index contributed by atoms with van der Waals surface area (Å²) in [6, 6.07) is 25.7. The number of benzene rings is 4. The summed E-state index contributed by atoms with van der Waals surface area (Å²) in [5, 5.41) is 5.57. The molecule has 0 bridgehead atoms. The van der Waals surface area contributed by atoms with Crippen molar-refractivity contribution < 1.29 is 18.0 Å². The maximum atomic E-state index is 13.1. The van der Waals surface area contributed by atoms with E-state index in [-0.39, 0.29) is 27.0 Å². The fourth-order valence-corrected chi connectivity index (χ4v) is 5.71. The van der Waals surface area contributed by atoms with Gasteiger partial charge in [0.05, 0.1) is 16.3 Å². The van der Waals surface area contributed by atoms with Gasteiger partial charge in [-0.1, -0.05) is 60.1 Å². The number of carbonyl (C=O) groups is 2. The summed E-state index contributed by atoms with van der Waals surface area (Å²) < 4.78 is 28.8. The minimum absolute atomic E-state index is 0.0263. The third kappa shape index (κ3) is 7.25. The summed E-state index contributed by atoms with van der Waals surface area (Å²) in [4.78, 5) is 25.7. The van der Waals surface area contributed by atoms with Gasteiger partial charge in [0.25, 0.3) is 21.8 Å². The monoisotopic (exact) mass is 561 g/mol. The molecular formula is C30H28ClN3O4S. The van der Waals surface area contributed by atoms with Crippen molar-refractivity contribution in [2.75, 3.05) is 16.6 Å². The van der Waals surface area contributed by atoms with Gasteiger partial charge in [-0.05, 0) is 79.4 Å². The Morgan fingerprint density at radius 3 is 2.18 bits per heavy atom. The summed E-state index contributed by atoms with van der Waals surface area (Å²) in [5.74, 6) is -0.919. The first-order valence-electron chi connectivity index (χ1n) is 12.3. The summed E-state index contributed by atoms with van der Waals surface area (Å²) in [6.45, 7) is 4.16. The van der Waals surface area contributed by atoms with Gasteiger partial charge < -0.3 is 10.6 Å². The first-order chi connectivity index (χ1) is 18.6. The van der Waals surface area contributed by atoms with Crippen LogP contribution in [0, 0.1) is 13.8 Å². The minimum Gasteiger partial charge on any atom is -0.352 e. The maximum absolute atomic E-state index is 13.1. The second kappa shape index (κ2) is 12.1. The highest BCUT2D eigenvalue weighted by Crippen LogP contribution is 2.27. The van der Waals surface area contributed by atoms with E-state index >= 15 is 0 Å². The molecule has 9 heteroatoms. The van der Waals surface area contributed by atoms with Crippen LogP contribution in [-0.2, 0) is 16.4 Å². The molecule has 4 aromatic rings. The van der Waals surface area contributed by atoms with Crippen LogP contribution in [0.25, 0.3) is 0 Å². The zero-order valence-electron chi connectivity index (χ0n) is 21.5. The van der Waals surface area contributed by atoms with Gasteiger partial charge in [0.2, 0.25) is 0 Å². The topological polar surface area (TPSA) is 104 Å². The van der Waals surface area contributed by atoms with E-state index in [9.17, 15) is 18.0 Å². The smallest absolute Gasteiger partial charge is 0.263 e. The van der Waals surface area contributed by atoms with Crippen LogP contribution < -0.4 is 15.4 Å². The zero-order chi connectivity index (χ0) is 28.0. The van der Waals surface area contributed by atoms with Gasteiger partial charge in [-0.3, -0.25) is 14.3 Å². The highest BCUT2D eigenvalue weighted by Gasteiger charge is 2.22. The largest absolute Gasteiger partial charge is 0.352 e. The highest BCUT2D eigenvalue weighted by molar-refractivity contribution is 7.92. The number of carbonyl (C=O) groups excluding carboxylic acids is 2. The van der Waals surface area contributed by atoms with Crippen molar-refractivity contribution in [2.24, 2.45) is 0 Å². The van der Waals surface area contributed by atoms with Gasteiger partial charge in [-0.15, -0.1) is 0 Å². The molecule has 2 amide bonds. The van der Waals surface area contributed by atoms with Gasteiger partial charge in [-0.2, -0.15) is 0 Å². The minimum atomic E-state index is -4.09. The van der Waals surface area contributed by atoms with Gasteiger partial charge in [-0.25, -0.2) is 8.42 Å². The third-order valence-corrected chi connectivity index (χ3v) is 7.78. The molecule has 200 valence electrons. The van der Waals surface area contributed by atoms with Crippen LogP contribution in [0.5, 0.6) is 0 Å². The van der Waals surface area contributed by atoms with E-state index < -0.39 is 15.9 Å². The predicted octanol–water partition coefficient (Wildman–Crippen LogP) is 5.98. The van der Waals surface area contributed by atoms with Crippen LogP contribution >= 0.6 is 11.6 Å². The summed E-state index contributed by atoms with van der Waals surface area (Å²) in [7, 11) is -4.09. The Bertz CT molecular complexity index is 1600. The van der Waals surface area contributed by atoms with Crippen LogP contribution in [-0.4, -0.2) is 26.8 Å². The van der Waals surface area contributed by atoms with Crippen molar-refractivity contribution in [3.05, 3.63) is 124 Å². The van der Waals surface area contributed by atoms with E-state index in [1.807, 2.05) is 50.2 Å². The number of halogens is 1. The summed E-state index contributed by atoms with van der Waals surface area (Å²) in [5.41, 5.74) is 3.94. The van der Waals surface area contributed by atoms with Crippen molar-refractivity contribution in [3.8, 4) is 0 Å². The average molecular weight is 562 g/mol. The molecule has 3 N–H and O–H groups in total. The van der Waals surface area contributed by atoms with Crippen LogP contribution in [0.2, 0.25) is 5.02 Å². The normalized spacial score (nSPS) is 11.1. The molecule has 0 spiro atoms. The molecule has 7 nitrogen and oxygen atoms in total. The van der Waals surface area contributed by atoms with E-state index in [1.165, 1.54) is 18.2 Å². The first kappa shape index (κ1) is 27.9. The van der Waals surface area contributed by atoms with Crippen molar-refractivity contribution in [1.29, 1.82) is 0 Å². The highest BCUT2D eigenvalue weighted by atomic mass is 35.5. The molecule has 0 heterocycles. The van der Waals surface area contributed by atoms with E-state index in [4.69, 9.17) is 11.6 Å². The number of para-hydroxylation sites is 1. The summed E-state index contributed by atoms with van der Waals surface area (Å²) in [6.07, 6.45) is 0.666. The predicted molar refractivity (Wildman–Crippen MR) is 155 cm³/mol. The standard InChI is InChI=1S/C30H28ClN3O4S/c1-20-16-21(2)18-24(17-20)34-39(37,38)28-19-23(12-13-26(28)31)29(35)33-27-11-7-6-10-25(27)30(36)32-15-14-22-8-4-3-5-9-22/h3-13,16-19,34H,14-15H2,1-2H3,(H,32,36)(H,33,35). The number of amides is 2. The van der Waals surface area contributed by atoms with E-state index in [0.717, 1.165) is 16.7 Å². The molecule has 0 atom stereocenters. The van der Waals surface area contributed by atoms with E-state index in [0.29, 0.717) is 24.3 Å². The molecule has 0 aliphatic heterocycles. The Labute approximate surface area is 233 Å². The third-order valence-electron chi connectivity index (χ3n) is 5.92. The number of anilines is 2. The molecule has 39 heavy (non-hydrogen) atoms. The molecule has 0 aromatic heterocycles. The molecule has 4 aromatic carbocycles. The maximum Gasteiger partial charge on any atom is 0.263 e. The Morgan fingerprint density at radius 1 is 0.795 bits per heavy atom. The van der Waals surface area contributed by atoms with Gasteiger partial charge in [0.15, 0.2) is 0 Å². The number of aryl methyl sites for hydroxylation is 2. The number of sulfonamides is 1. The Kier molecular flexibility index (Phi) is 8.69. The number of rotatable bonds is 9. The van der Waals surface area contributed by atoms with E-state index in [1.54, 1.807) is 36.4 Å². The van der Waals surface area contributed by atoms with Crippen LogP contribution in [0.1, 0.15) is 37.4 Å². The molecule has 0 aliphatic carbocycles. The molecule has 0 aliphatic rings. The molecule has 0 fully saturated rings. The van der Waals surface area contributed by atoms with Crippen molar-refractivity contribution in [1.82, 2.24) is 5.32 Å². The quantitative estimate of drug-likeness (QED) is 0.234. The lowest BCUT2D eigenvalue weighted by molar-refractivity contribution is 0.0955. The second-order valence-electron chi connectivity index (χ2n) is 9.12. The van der Waals surface area contributed by atoms with Crippen molar-refractivity contribution in [3.63, 3.8) is 0 Å².